The van der Waals surface area contributed by atoms with Gasteiger partial charge in [0.2, 0.25) is 5.91 Å². The molecular formula is C21H21N3O4S. The van der Waals surface area contributed by atoms with E-state index in [1.807, 2.05) is 31.2 Å². The molecule has 3 amide bonds. The van der Waals surface area contributed by atoms with Gasteiger partial charge in [-0.25, -0.2) is 0 Å². The first-order chi connectivity index (χ1) is 14.0. The van der Waals surface area contributed by atoms with E-state index in [4.69, 9.17) is 4.74 Å². The summed E-state index contributed by atoms with van der Waals surface area (Å²) in [7, 11) is 0. The van der Waals surface area contributed by atoms with Gasteiger partial charge in [-0.05, 0) is 54.1 Å². The van der Waals surface area contributed by atoms with E-state index in [-0.39, 0.29) is 43.2 Å². The monoisotopic (exact) mass is 411 g/mol. The van der Waals surface area contributed by atoms with Gasteiger partial charge < -0.3 is 10.1 Å². The smallest absolute Gasteiger partial charge is 0.293 e. The number of ether oxygens (including phenoxy) is 1. The lowest BCUT2D eigenvalue weighted by molar-refractivity contribution is -0.124. The van der Waals surface area contributed by atoms with E-state index in [1.165, 1.54) is 0 Å². The van der Waals surface area contributed by atoms with Gasteiger partial charge in [-0.2, -0.15) is 0 Å². The van der Waals surface area contributed by atoms with Crippen LogP contribution in [0, 0.1) is 6.92 Å². The number of imide groups is 1. The molecule has 0 radical (unpaired) electrons. The van der Waals surface area contributed by atoms with Gasteiger partial charge in [-0.1, -0.05) is 18.2 Å². The molecule has 1 N–H and O–H groups in total. The van der Waals surface area contributed by atoms with Crippen molar-refractivity contribution in [3.8, 4) is 5.75 Å². The lowest BCUT2D eigenvalue weighted by atomic mass is 10.2. The predicted octanol–water partition coefficient (Wildman–Crippen LogP) is 3.01. The Bertz CT molecular complexity index is 931. The fraction of sp³-hybridized carbons (Fsp3) is 0.238. The molecule has 0 saturated carbocycles. The standard InChI is InChI=1S/C21H21N3O4S/c1-15-4-2-6-17(12-15)28-11-7-19(25)23-9-10-24-20(26)18(29-21(24)27)13-16-5-3-8-22-14-16/h2-6,8,12-14H,7,9-11H2,1H3,(H,23,25)/b18-13+. The minimum Gasteiger partial charge on any atom is -0.493 e. The van der Waals surface area contributed by atoms with Crippen LogP contribution < -0.4 is 10.1 Å². The third-order valence-electron chi connectivity index (χ3n) is 4.10. The molecule has 3 rings (SSSR count). The molecule has 150 valence electrons. The number of hydrogen-bond acceptors (Lipinski definition) is 6. The van der Waals surface area contributed by atoms with Gasteiger partial charge in [-0.3, -0.25) is 24.3 Å². The topological polar surface area (TPSA) is 88.6 Å². The Hall–Kier alpha value is -3.13. The number of hydrogen-bond donors (Lipinski definition) is 1. The van der Waals surface area contributed by atoms with Crippen LogP contribution in [-0.2, 0) is 9.59 Å². The molecule has 1 aliphatic heterocycles. The highest BCUT2D eigenvalue weighted by Gasteiger charge is 2.34. The second kappa shape index (κ2) is 9.88. The van der Waals surface area contributed by atoms with E-state index >= 15 is 0 Å². The highest BCUT2D eigenvalue weighted by atomic mass is 32.2. The molecule has 0 bridgehead atoms. The highest BCUT2D eigenvalue weighted by Crippen LogP contribution is 2.31. The summed E-state index contributed by atoms with van der Waals surface area (Å²) in [6.45, 7) is 2.54. The number of aromatic nitrogens is 1. The number of thioether (sulfide) groups is 1. The molecule has 0 unspecified atom stereocenters. The van der Waals surface area contributed by atoms with Crippen LogP contribution in [0.1, 0.15) is 17.5 Å². The van der Waals surface area contributed by atoms with Crippen LogP contribution >= 0.6 is 11.8 Å². The van der Waals surface area contributed by atoms with Gasteiger partial charge >= 0.3 is 0 Å². The molecule has 2 aromatic rings. The summed E-state index contributed by atoms with van der Waals surface area (Å²) >= 11 is 0.886. The van der Waals surface area contributed by atoms with Crippen molar-refractivity contribution in [1.82, 2.24) is 15.2 Å². The van der Waals surface area contributed by atoms with E-state index in [9.17, 15) is 14.4 Å². The zero-order valence-corrected chi connectivity index (χ0v) is 16.8. The quantitative estimate of drug-likeness (QED) is 0.672. The number of nitrogens with zero attached hydrogens (tertiary/aromatic N) is 2. The van der Waals surface area contributed by atoms with E-state index < -0.39 is 0 Å². The predicted molar refractivity (Wildman–Crippen MR) is 111 cm³/mol. The number of pyridine rings is 1. The molecular weight excluding hydrogens is 390 g/mol. The van der Waals surface area contributed by atoms with E-state index in [1.54, 1.807) is 30.6 Å². The van der Waals surface area contributed by atoms with Crippen LogP contribution in [0.15, 0.2) is 53.7 Å². The number of carbonyl (C=O) groups is 3. The molecule has 0 aliphatic carbocycles. The fourth-order valence-corrected chi connectivity index (χ4v) is 3.53. The van der Waals surface area contributed by atoms with Crippen molar-refractivity contribution in [3.05, 3.63) is 64.8 Å². The van der Waals surface area contributed by atoms with Crippen molar-refractivity contribution in [2.75, 3.05) is 19.7 Å². The lowest BCUT2D eigenvalue weighted by Crippen LogP contribution is -2.37. The van der Waals surface area contributed by atoms with Crippen molar-refractivity contribution >= 4 is 34.9 Å². The summed E-state index contributed by atoms with van der Waals surface area (Å²) < 4.78 is 5.55. The summed E-state index contributed by atoms with van der Waals surface area (Å²) in [5, 5.41) is 2.36. The number of rotatable bonds is 8. The Kier molecular flexibility index (Phi) is 7.02. The average molecular weight is 411 g/mol. The van der Waals surface area contributed by atoms with E-state index in [0.29, 0.717) is 4.91 Å². The van der Waals surface area contributed by atoms with Crippen molar-refractivity contribution < 1.29 is 19.1 Å². The molecule has 1 aromatic heterocycles. The Labute approximate surface area is 173 Å². The zero-order chi connectivity index (χ0) is 20.6. The maximum atomic E-state index is 12.4. The fourth-order valence-electron chi connectivity index (χ4n) is 2.67. The number of amides is 3. The number of nitrogens with one attached hydrogen (secondary N) is 1. The Morgan fingerprint density at radius 2 is 2.14 bits per heavy atom. The number of carbonyl (C=O) groups excluding carboxylic acids is 3. The van der Waals surface area contributed by atoms with Gasteiger partial charge in [0.05, 0.1) is 17.9 Å². The van der Waals surface area contributed by atoms with Gasteiger partial charge in [0.25, 0.3) is 11.1 Å². The normalized spacial score (nSPS) is 15.1. The van der Waals surface area contributed by atoms with Crippen LogP contribution in [0.5, 0.6) is 5.75 Å². The second-order valence-electron chi connectivity index (χ2n) is 6.38. The maximum absolute atomic E-state index is 12.4. The SMILES string of the molecule is Cc1cccc(OCCC(=O)NCCN2C(=O)S/C(=C/c3cccnc3)C2=O)c1. The Morgan fingerprint density at radius 3 is 2.90 bits per heavy atom. The first-order valence-electron chi connectivity index (χ1n) is 9.14. The van der Waals surface area contributed by atoms with Crippen LogP contribution in [0.2, 0.25) is 0 Å². The summed E-state index contributed by atoms with van der Waals surface area (Å²) in [5.74, 6) is 0.160. The Morgan fingerprint density at radius 1 is 1.28 bits per heavy atom. The molecule has 0 atom stereocenters. The zero-order valence-electron chi connectivity index (χ0n) is 16.0. The first kappa shape index (κ1) is 20.6. The van der Waals surface area contributed by atoms with Gasteiger partial charge in [-0.15, -0.1) is 0 Å². The van der Waals surface area contributed by atoms with Crippen LogP contribution in [-0.4, -0.2) is 46.6 Å². The maximum Gasteiger partial charge on any atom is 0.293 e. The summed E-state index contributed by atoms with van der Waals surface area (Å²) in [4.78, 5) is 41.9. The molecule has 2 heterocycles. The molecule has 1 aliphatic rings. The summed E-state index contributed by atoms with van der Waals surface area (Å²) in [6, 6.07) is 11.2. The van der Waals surface area contributed by atoms with Crippen LogP contribution in [0.3, 0.4) is 0 Å². The molecule has 8 heteroatoms. The molecule has 1 saturated heterocycles. The third kappa shape index (κ3) is 5.92. The van der Waals surface area contributed by atoms with Crippen LogP contribution in [0.25, 0.3) is 6.08 Å². The van der Waals surface area contributed by atoms with E-state index in [0.717, 1.165) is 33.5 Å². The molecule has 1 fully saturated rings. The average Bonchev–Trinajstić information content (AvgIpc) is 2.96. The number of aryl methyl sites for hydroxylation is 1. The van der Waals surface area contributed by atoms with Crippen molar-refractivity contribution in [1.29, 1.82) is 0 Å². The highest BCUT2D eigenvalue weighted by molar-refractivity contribution is 8.18. The van der Waals surface area contributed by atoms with Crippen molar-refractivity contribution in [2.45, 2.75) is 13.3 Å². The van der Waals surface area contributed by atoms with Gasteiger partial charge in [0, 0.05) is 25.5 Å². The minimum atomic E-state index is -0.360. The van der Waals surface area contributed by atoms with Crippen LogP contribution in [0.4, 0.5) is 4.79 Å². The van der Waals surface area contributed by atoms with Gasteiger partial charge in [0.1, 0.15) is 5.75 Å². The minimum absolute atomic E-state index is 0.125. The first-order valence-corrected chi connectivity index (χ1v) is 9.96. The second-order valence-corrected chi connectivity index (χ2v) is 7.38. The van der Waals surface area contributed by atoms with Crippen molar-refractivity contribution in [3.63, 3.8) is 0 Å². The third-order valence-corrected chi connectivity index (χ3v) is 5.01. The molecule has 1 aromatic carbocycles. The summed E-state index contributed by atoms with van der Waals surface area (Å²) in [6.07, 6.45) is 5.08. The number of benzene rings is 1. The molecule has 29 heavy (non-hydrogen) atoms. The lowest BCUT2D eigenvalue weighted by Gasteiger charge is -2.13. The van der Waals surface area contributed by atoms with Crippen molar-refractivity contribution in [2.24, 2.45) is 0 Å². The Balaban J connectivity index is 1.41. The molecule has 7 nitrogen and oxygen atoms in total. The largest absolute Gasteiger partial charge is 0.493 e. The van der Waals surface area contributed by atoms with E-state index in [2.05, 4.69) is 10.3 Å². The summed E-state index contributed by atoms with van der Waals surface area (Å²) in [5.41, 5.74) is 1.83. The van der Waals surface area contributed by atoms with Gasteiger partial charge in [0.15, 0.2) is 0 Å². The molecule has 0 spiro atoms.